The van der Waals surface area contributed by atoms with Gasteiger partial charge in [-0.1, -0.05) is 39.0 Å². The van der Waals surface area contributed by atoms with Gasteiger partial charge in [-0.2, -0.15) is 35.9 Å². The average Bonchev–Trinajstić information content (AvgIpc) is 2.29. The van der Waals surface area contributed by atoms with Gasteiger partial charge in [0.15, 0.2) is 0 Å². The van der Waals surface area contributed by atoms with E-state index in [1.807, 2.05) is 6.07 Å². The summed E-state index contributed by atoms with van der Waals surface area (Å²) in [7, 11) is 0. The van der Waals surface area contributed by atoms with Crippen LogP contribution in [0.1, 0.15) is 38.2 Å². The number of hydrogen-bond donors (Lipinski definition) is 0. The first-order valence-electron chi connectivity index (χ1n) is 5.15. The normalized spacial score (nSPS) is 9.14. The molecule has 1 aromatic carbocycles. The van der Waals surface area contributed by atoms with Gasteiger partial charge in [0.25, 0.3) is 0 Å². The van der Waals surface area contributed by atoms with E-state index in [-0.39, 0.29) is 0 Å². The van der Waals surface area contributed by atoms with E-state index in [9.17, 15) is 0 Å². The Kier molecular flexibility index (Phi) is 11.7. The van der Waals surface area contributed by atoms with Gasteiger partial charge >= 0.3 is 30.0 Å². The van der Waals surface area contributed by atoms with Gasteiger partial charge in [0, 0.05) is 0 Å². The van der Waals surface area contributed by atoms with Crippen molar-refractivity contribution >= 4 is 13.6 Å². The van der Waals surface area contributed by atoms with Gasteiger partial charge < -0.3 is 0 Å². The maximum absolute atomic E-state index is 3.10. The third kappa shape index (κ3) is 7.70. The van der Waals surface area contributed by atoms with Crippen LogP contribution < -0.4 is 0 Å². The Morgan fingerprint density at radius 3 is 2.64 bits per heavy atom. The third-order valence-electron chi connectivity index (χ3n) is 2.09. The van der Waals surface area contributed by atoms with E-state index in [1.165, 1.54) is 54.0 Å². The van der Waals surface area contributed by atoms with Crippen LogP contribution in [0.4, 0.5) is 0 Å². The van der Waals surface area contributed by atoms with Crippen LogP contribution >= 0.6 is 13.6 Å². The molecule has 0 bridgehead atoms. The Morgan fingerprint density at radius 1 is 1.29 bits per heavy atom. The molecule has 0 radical (unpaired) electrons. The number of hydrogen-bond acceptors (Lipinski definition) is 0. The standard InChI is InChI=1S/C12H17.BrH.Zn/c1-2-3-4-6-9-12-10-7-5-8-11-12;;/h5,7,10-11H,2-4,6,9H2,1H3;1H;/q-1;;+2/p-1. The summed E-state index contributed by atoms with van der Waals surface area (Å²) in [6.45, 7) is 2.25. The summed E-state index contributed by atoms with van der Waals surface area (Å²) in [6, 6.07) is 11.4. The van der Waals surface area contributed by atoms with E-state index in [2.05, 4.69) is 44.8 Å². The molecule has 0 nitrogen and oxygen atoms in total. The molecule has 74 valence electrons. The Bertz CT molecular complexity index is 199. The molecule has 0 aliphatic rings. The van der Waals surface area contributed by atoms with E-state index in [0.717, 1.165) is 0 Å². The minimum absolute atomic E-state index is 1.19. The van der Waals surface area contributed by atoms with E-state index in [4.69, 9.17) is 0 Å². The van der Waals surface area contributed by atoms with E-state index >= 15 is 0 Å². The van der Waals surface area contributed by atoms with E-state index in [1.54, 1.807) is 0 Å². The van der Waals surface area contributed by atoms with Crippen molar-refractivity contribution in [3.63, 3.8) is 0 Å². The summed E-state index contributed by atoms with van der Waals surface area (Å²) >= 11 is 4.25. The first-order chi connectivity index (χ1) is 6.93. The van der Waals surface area contributed by atoms with Crippen LogP contribution in [0.3, 0.4) is 0 Å². The van der Waals surface area contributed by atoms with Crippen molar-refractivity contribution in [1.29, 1.82) is 0 Å². The number of benzene rings is 1. The monoisotopic (exact) mass is 304 g/mol. The first kappa shape index (κ1) is 14.3. The molecule has 0 amide bonds. The zero-order chi connectivity index (χ0) is 10.6. The molecule has 1 rings (SSSR count). The molecular weight excluding hydrogens is 289 g/mol. The van der Waals surface area contributed by atoms with Crippen LogP contribution in [-0.2, 0) is 22.8 Å². The quantitative estimate of drug-likeness (QED) is 0.428. The summed E-state index contributed by atoms with van der Waals surface area (Å²) in [6.07, 6.45) is 6.60. The second kappa shape index (κ2) is 11.4. The molecule has 0 aromatic heterocycles. The van der Waals surface area contributed by atoms with Gasteiger partial charge in [0.2, 0.25) is 0 Å². The zero-order valence-electron chi connectivity index (χ0n) is 8.93. The minimum atomic E-state index is 1.19. The molecule has 0 N–H and O–H groups in total. The number of unbranched alkanes of at least 4 members (excludes halogenated alkanes) is 3. The van der Waals surface area contributed by atoms with Crippen molar-refractivity contribution in [1.82, 2.24) is 0 Å². The summed E-state index contributed by atoms with van der Waals surface area (Å²) in [5.41, 5.74) is 1.42. The molecule has 0 heterocycles. The van der Waals surface area contributed by atoms with Crippen LogP contribution in [0.25, 0.3) is 0 Å². The molecule has 0 atom stereocenters. The van der Waals surface area contributed by atoms with Crippen molar-refractivity contribution in [3.8, 4) is 0 Å². The summed E-state index contributed by atoms with van der Waals surface area (Å²) in [5, 5.41) is 0. The van der Waals surface area contributed by atoms with Gasteiger partial charge in [-0.25, -0.2) is 0 Å². The van der Waals surface area contributed by atoms with Crippen LogP contribution in [0.15, 0.2) is 24.3 Å². The molecule has 2 heteroatoms. The van der Waals surface area contributed by atoms with Gasteiger partial charge in [0.1, 0.15) is 0 Å². The molecule has 0 spiro atoms. The van der Waals surface area contributed by atoms with Gasteiger partial charge in [-0.05, 0) is 0 Å². The van der Waals surface area contributed by atoms with E-state index in [0.29, 0.717) is 0 Å². The summed E-state index contributed by atoms with van der Waals surface area (Å²) in [5.74, 6) is 0. The molecular formula is C12H17BrZn. The predicted molar refractivity (Wildman–Crippen MR) is 62.1 cm³/mol. The molecule has 0 saturated heterocycles. The molecule has 1 aromatic rings. The first-order valence-corrected chi connectivity index (χ1v) is 12.1. The number of halogens is 1. The SMILES string of the molecule is CCCCCCc1c[c-]ccc1.[Zn+][Br]. The fourth-order valence-corrected chi connectivity index (χ4v) is 1.34. The fraction of sp³-hybridized carbons (Fsp3) is 0.500. The van der Waals surface area contributed by atoms with Crippen molar-refractivity contribution in [3.05, 3.63) is 35.9 Å². The summed E-state index contributed by atoms with van der Waals surface area (Å²) in [4.78, 5) is 0. The van der Waals surface area contributed by atoms with Crippen molar-refractivity contribution < 1.29 is 16.3 Å². The predicted octanol–water partition coefficient (Wildman–Crippen LogP) is 4.45. The second-order valence-electron chi connectivity index (χ2n) is 3.22. The number of aryl methyl sites for hydroxylation is 1. The maximum atomic E-state index is 3.10. The van der Waals surface area contributed by atoms with Gasteiger partial charge in [0.05, 0.1) is 0 Å². The Labute approximate surface area is 105 Å². The Hall–Kier alpha value is 0.323. The van der Waals surface area contributed by atoms with Gasteiger partial charge in [-0.3, -0.25) is 0 Å². The molecule has 0 unspecified atom stereocenters. The zero-order valence-corrected chi connectivity index (χ0v) is 13.5. The van der Waals surface area contributed by atoms with Crippen LogP contribution in [-0.4, -0.2) is 0 Å². The van der Waals surface area contributed by atoms with Crippen molar-refractivity contribution in [2.24, 2.45) is 0 Å². The molecule has 0 aliphatic heterocycles. The van der Waals surface area contributed by atoms with Crippen LogP contribution in [0.5, 0.6) is 0 Å². The molecule has 0 saturated carbocycles. The fourth-order valence-electron chi connectivity index (χ4n) is 1.34. The van der Waals surface area contributed by atoms with Gasteiger partial charge in [-0.15, -0.1) is 0 Å². The second-order valence-corrected chi connectivity index (χ2v) is 3.22. The molecule has 0 fully saturated rings. The topological polar surface area (TPSA) is 0 Å². The van der Waals surface area contributed by atoms with Crippen LogP contribution in [0, 0.1) is 6.07 Å². The Balaban J connectivity index is 0.000000791. The van der Waals surface area contributed by atoms with Crippen molar-refractivity contribution in [2.75, 3.05) is 0 Å². The van der Waals surface area contributed by atoms with E-state index < -0.39 is 0 Å². The Morgan fingerprint density at radius 2 is 2.07 bits per heavy atom. The third-order valence-corrected chi connectivity index (χ3v) is 2.09. The number of rotatable bonds is 5. The average molecular weight is 307 g/mol. The van der Waals surface area contributed by atoms with Crippen LogP contribution in [0.2, 0.25) is 0 Å². The molecule has 14 heavy (non-hydrogen) atoms. The molecule has 0 aliphatic carbocycles. The van der Waals surface area contributed by atoms with Crippen molar-refractivity contribution in [2.45, 2.75) is 39.0 Å². The summed E-state index contributed by atoms with van der Waals surface area (Å²) < 4.78 is 0.